The molecule has 7 nitrogen and oxygen atoms in total. The normalized spacial score (nSPS) is 10.6. The minimum Gasteiger partial charge on any atom is -0.481 e. The fourth-order valence-corrected chi connectivity index (χ4v) is 1.29. The maximum absolute atomic E-state index is 10.8. The molecule has 2 aromatic heterocycles. The largest absolute Gasteiger partial charge is 0.481 e. The Kier molecular flexibility index (Phi) is 2.43. The van der Waals surface area contributed by atoms with Crippen LogP contribution in [-0.2, 0) is 6.42 Å². The second-order valence-corrected chi connectivity index (χ2v) is 3.08. The maximum atomic E-state index is 10.8. The third-order valence-corrected chi connectivity index (χ3v) is 2.07. The molecular formula is C9H10N4O3. The van der Waals surface area contributed by atoms with E-state index in [0.29, 0.717) is 18.1 Å². The summed E-state index contributed by atoms with van der Waals surface area (Å²) >= 11 is 0. The summed E-state index contributed by atoms with van der Waals surface area (Å²) in [7, 11) is 1.44. The highest BCUT2D eigenvalue weighted by Gasteiger charge is 2.14. The van der Waals surface area contributed by atoms with Gasteiger partial charge in [0.25, 0.3) is 5.78 Å². The van der Waals surface area contributed by atoms with Crippen molar-refractivity contribution in [3.05, 3.63) is 17.6 Å². The minimum absolute atomic E-state index is 0.112. The molecule has 16 heavy (non-hydrogen) atoms. The van der Waals surface area contributed by atoms with Crippen molar-refractivity contribution in [3.8, 4) is 5.88 Å². The van der Waals surface area contributed by atoms with E-state index in [1.165, 1.54) is 17.7 Å². The number of fused-ring (bicyclic) bond motifs is 1. The Balaban J connectivity index is 2.70. The molecule has 84 valence electrons. The Morgan fingerprint density at radius 2 is 2.31 bits per heavy atom. The zero-order valence-corrected chi connectivity index (χ0v) is 8.84. The number of nitrogens with zero attached hydrogens (tertiary/aromatic N) is 4. The molecule has 0 aliphatic rings. The smallest absolute Gasteiger partial charge is 0.354 e. The van der Waals surface area contributed by atoms with Gasteiger partial charge in [-0.3, -0.25) is 0 Å². The van der Waals surface area contributed by atoms with Crippen LogP contribution in [0.5, 0.6) is 5.88 Å². The van der Waals surface area contributed by atoms with Gasteiger partial charge in [-0.1, -0.05) is 6.92 Å². The minimum atomic E-state index is -1.12. The Labute approximate surface area is 90.7 Å². The lowest BCUT2D eigenvalue weighted by Crippen LogP contribution is -2.05. The molecule has 0 bridgehead atoms. The van der Waals surface area contributed by atoms with Gasteiger partial charge < -0.3 is 9.84 Å². The topological polar surface area (TPSA) is 89.6 Å². The van der Waals surface area contributed by atoms with E-state index in [-0.39, 0.29) is 11.5 Å². The van der Waals surface area contributed by atoms with Gasteiger partial charge in [-0.25, -0.2) is 9.78 Å². The molecular weight excluding hydrogens is 212 g/mol. The van der Waals surface area contributed by atoms with E-state index in [9.17, 15) is 4.79 Å². The SMILES string of the molecule is CCc1nc2nc(C(=O)O)cc(OC)n2n1. The first kappa shape index (κ1) is 10.3. The number of rotatable bonds is 3. The highest BCUT2D eigenvalue weighted by Crippen LogP contribution is 2.13. The van der Waals surface area contributed by atoms with Crippen LogP contribution in [0.2, 0.25) is 0 Å². The quantitative estimate of drug-likeness (QED) is 0.808. The lowest BCUT2D eigenvalue weighted by atomic mass is 10.4. The molecule has 2 heterocycles. The predicted octanol–water partition coefficient (Wildman–Crippen LogP) is 0.393. The van der Waals surface area contributed by atoms with Crippen LogP contribution in [0.1, 0.15) is 23.2 Å². The highest BCUT2D eigenvalue weighted by molar-refractivity contribution is 5.86. The summed E-state index contributed by atoms with van der Waals surface area (Å²) in [6.45, 7) is 1.90. The molecule has 0 aromatic carbocycles. The van der Waals surface area contributed by atoms with E-state index in [2.05, 4.69) is 15.1 Å². The summed E-state index contributed by atoms with van der Waals surface area (Å²) in [4.78, 5) is 18.8. The number of carboxylic acids is 1. The monoisotopic (exact) mass is 222 g/mol. The first-order valence-corrected chi connectivity index (χ1v) is 4.69. The third-order valence-electron chi connectivity index (χ3n) is 2.07. The maximum Gasteiger partial charge on any atom is 0.354 e. The van der Waals surface area contributed by atoms with Gasteiger partial charge in [0.15, 0.2) is 11.5 Å². The molecule has 0 radical (unpaired) electrons. The van der Waals surface area contributed by atoms with Gasteiger partial charge in [0.2, 0.25) is 5.88 Å². The van der Waals surface area contributed by atoms with Gasteiger partial charge in [-0.05, 0) is 0 Å². The molecule has 1 N–H and O–H groups in total. The lowest BCUT2D eigenvalue weighted by Gasteiger charge is -2.02. The number of carboxylic acid groups (broad SMARTS) is 1. The average Bonchev–Trinajstić information content (AvgIpc) is 2.70. The predicted molar refractivity (Wildman–Crippen MR) is 53.7 cm³/mol. The number of ether oxygens (including phenoxy) is 1. The fraction of sp³-hybridized carbons (Fsp3) is 0.333. The Morgan fingerprint density at radius 1 is 1.56 bits per heavy atom. The van der Waals surface area contributed by atoms with Gasteiger partial charge in [0.05, 0.1) is 7.11 Å². The van der Waals surface area contributed by atoms with Crippen molar-refractivity contribution in [3.63, 3.8) is 0 Å². The molecule has 0 amide bonds. The fourth-order valence-electron chi connectivity index (χ4n) is 1.29. The van der Waals surface area contributed by atoms with Crippen LogP contribution in [-0.4, -0.2) is 37.8 Å². The van der Waals surface area contributed by atoms with Crippen molar-refractivity contribution in [2.45, 2.75) is 13.3 Å². The molecule has 2 aromatic rings. The van der Waals surface area contributed by atoms with Gasteiger partial charge in [0, 0.05) is 12.5 Å². The Morgan fingerprint density at radius 3 is 2.88 bits per heavy atom. The van der Waals surface area contributed by atoms with Crippen molar-refractivity contribution >= 4 is 11.7 Å². The standard InChI is InChI=1S/C9H10N4O3/c1-3-6-11-9-10-5(8(14)15)4-7(16-2)13(9)12-6/h4H,3H2,1-2H3,(H,14,15). The van der Waals surface area contributed by atoms with Gasteiger partial charge in [-0.15, -0.1) is 5.10 Å². The molecule has 0 fully saturated rings. The van der Waals surface area contributed by atoms with E-state index >= 15 is 0 Å². The summed E-state index contributed by atoms with van der Waals surface area (Å²) < 4.78 is 6.41. The lowest BCUT2D eigenvalue weighted by molar-refractivity contribution is 0.0690. The van der Waals surface area contributed by atoms with Crippen LogP contribution in [0.15, 0.2) is 6.07 Å². The number of aromatic nitrogens is 4. The van der Waals surface area contributed by atoms with Crippen molar-refractivity contribution in [2.24, 2.45) is 0 Å². The average molecular weight is 222 g/mol. The molecule has 0 saturated carbocycles. The molecule has 0 aliphatic carbocycles. The van der Waals surface area contributed by atoms with Crippen molar-refractivity contribution < 1.29 is 14.6 Å². The van der Waals surface area contributed by atoms with Crippen molar-refractivity contribution in [1.82, 2.24) is 19.6 Å². The number of carbonyl (C=O) groups is 1. The van der Waals surface area contributed by atoms with Crippen LogP contribution in [0.3, 0.4) is 0 Å². The van der Waals surface area contributed by atoms with E-state index in [4.69, 9.17) is 9.84 Å². The van der Waals surface area contributed by atoms with E-state index in [0.717, 1.165) is 0 Å². The molecule has 0 aliphatic heterocycles. The number of hydrogen-bond acceptors (Lipinski definition) is 5. The van der Waals surface area contributed by atoms with Crippen LogP contribution in [0.25, 0.3) is 5.78 Å². The third kappa shape index (κ3) is 1.56. The summed E-state index contributed by atoms with van der Waals surface area (Å²) in [6, 6.07) is 1.31. The van der Waals surface area contributed by atoms with E-state index < -0.39 is 5.97 Å². The van der Waals surface area contributed by atoms with Gasteiger partial charge in [-0.2, -0.15) is 9.50 Å². The zero-order valence-electron chi connectivity index (χ0n) is 8.84. The Bertz CT molecular complexity index is 549. The second-order valence-electron chi connectivity index (χ2n) is 3.08. The zero-order chi connectivity index (χ0) is 11.7. The molecule has 0 unspecified atom stereocenters. The number of aryl methyl sites for hydroxylation is 1. The van der Waals surface area contributed by atoms with Crippen molar-refractivity contribution in [2.75, 3.05) is 7.11 Å². The summed E-state index contributed by atoms with van der Waals surface area (Å²) in [6.07, 6.45) is 0.648. The number of hydrogen-bond donors (Lipinski definition) is 1. The van der Waals surface area contributed by atoms with Crippen LogP contribution in [0, 0.1) is 0 Å². The van der Waals surface area contributed by atoms with Crippen LogP contribution < -0.4 is 4.74 Å². The van der Waals surface area contributed by atoms with Crippen LogP contribution >= 0.6 is 0 Å². The van der Waals surface area contributed by atoms with Gasteiger partial charge >= 0.3 is 5.97 Å². The van der Waals surface area contributed by atoms with E-state index in [1.807, 2.05) is 6.92 Å². The van der Waals surface area contributed by atoms with E-state index in [1.54, 1.807) is 0 Å². The first-order valence-electron chi connectivity index (χ1n) is 4.69. The number of methoxy groups -OCH3 is 1. The van der Waals surface area contributed by atoms with Gasteiger partial charge in [0.1, 0.15) is 0 Å². The summed E-state index contributed by atoms with van der Waals surface area (Å²) in [5.74, 6) is -0.00149. The molecule has 2 rings (SSSR count). The highest BCUT2D eigenvalue weighted by atomic mass is 16.5. The summed E-state index contributed by atoms with van der Waals surface area (Å²) in [5.41, 5.74) is -0.112. The molecule has 7 heteroatoms. The second kappa shape index (κ2) is 3.76. The number of aromatic carboxylic acids is 1. The van der Waals surface area contributed by atoms with Crippen LogP contribution in [0.4, 0.5) is 0 Å². The molecule has 0 atom stereocenters. The van der Waals surface area contributed by atoms with Crippen molar-refractivity contribution in [1.29, 1.82) is 0 Å². The molecule has 0 spiro atoms. The first-order chi connectivity index (χ1) is 7.65. The summed E-state index contributed by atoms with van der Waals surface area (Å²) in [5, 5.41) is 13.0. The molecule has 0 saturated heterocycles. The Hall–Kier alpha value is -2.18.